The smallest absolute Gasteiger partial charge is 0.313 e. The molecule has 1 fully saturated rings. The predicted octanol–water partition coefficient (Wildman–Crippen LogP) is 0.682. The number of aliphatic carboxylic acids is 1. The van der Waals surface area contributed by atoms with E-state index in [0.29, 0.717) is 5.16 Å². The third-order valence-corrected chi connectivity index (χ3v) is 3.76. The summed E-state index contributed by atoms with van der Waals surface area (Å²) in [6.45, 7) is 1.89. The molecule has 18 heavy (non-hydrogen) atoms. The van der Waals surface area contributed by atoms with Gasteiger partial charge in [0.2, 0.25) is 5.91 Å². The SMILES string of the molecule is O=C(O)CSc1nccn1CC(=O)N1CCCC1. The van der Waals surface area contributed by atoms with Gasteiger partial charge in [0, 0.05) is 25.5 Å². The van der Waals surface area contributed by atoms with Gasteiger partial charge < -0.3 is 14.6 Å². The highest BCUT2D eigenvalue weighted by Gasteiger charge is 2.19. The van der Waals surface area contributed by atoms with Crippen molar-refractivity contribution in [1.29, 1.82) is 0 Å². The van der Waals surface area contributed by atoms with Crippen LogP contribution in [0.2, 0.25) is 0 Å². The van der Waals surface area contributed by atoms with Crippen molar-refractivity contribution in [2.75, 3.05) is 18.8 Å². The van der Waals surface area contributed by atoms with E-state index in [1.165, 1.54) is 0 Å². The van der Waals surface area contributed by atoms with E-state index in [0.717, 1.165) is 37.7 Å². The number of likely N-dealkylation sites (tertiary alicyclic amines) is 1. The van der Waals surface area contributed by atoms with Crippen molar-refractivity contribution in [3.05, 3.63) is 12.4 Å². The lowest BCUT2D eigenvalue weighted by atomic mass is 10.4. The van der Waals surface area contributed by atoms with E-state index in [9.17, 15) is 9.59 Å². The highest BCUT2D eigenvalue weighted by molar-refractivity contribution is 7.99. The second kappa shape index (κ2) is 5.90. The van der Waals surface area contributed by atoms with Crippen LogP contribution in [0.15, 0.2) is 17.6 Å². The van der Waals surface area contributed by atoms with Crippen LogP contribution in [0.25, 0.3) is 0 Å². The molecule has 1 aliphatic heterocycles. The molecule has 7 heteroatoms. The zero-order chi connectivity index (χ0) is 13.0. The van der Waals surface area contributed by atoms with Crippen LogP contribution in [0.5, 0.6) is 0 Å². The van der Waals surface area contributed by atoms with Gasteiger partial charge in [0.05, 0.1) is 5.75 Å². The number of amides is 1. The molecule has 0 aromatic carbocycles. The molecule has 1 amide bonds. The summed E-state index contributed by atoms with van der Waals surface area (Å²) >= 11 is 1.13. The lowest BCUT2D eigenvalue weighted by molar-refractivity contribution is -0.134. The average molecular weight is 269 g/mol. The normalized spacial score (nSPS) is 15.0. The van der Waals surface area contributed by atoms with Crippen LogP contribution in [-0.2, 0) is 16.1 Å². The van der Waals surface area contributed by atoms with Gasteiger partial charge in [0.1, 0.15) is 6.54 Å². The van der Waals surface area contributed by atoms with Crippen LogP contribution < -0.4 is 0 Å². The molecule has 0 unspecified atom stereocenters. The number of carboxylic acids is 1. The highest BCUT2D eigenvalue weighted by atomic mass is 32.2. The quantitative estimate of drug-likeness (QED) is 0.796. The molecule has 2 heterocycles. The van der Waals surface area contributed by atoms with Crippen LogP contribution in [-0.4, -0.2) is 50.3 Å². The summed E-state index contributed by atoms with van der Waals surface area (Å²) < 4.78 is 1.70. The van der Waals surface area contributed by atoms with Crippen molar-refractivity contribution in [1.82, 2.24) is 14.5 Å². The monoisotopic (exact) mass is 269 g/mol. The van der Waals surface area contributed by atoms with E-state index < -0.39 is 5.97 Å². The molecule has 1 aromatic heterocycles. The Morgan fingerprint density at radius 2 is 2.11 bits per heavy atom. The lowest BCUT2D eigenvalue weighted by Gasteiger charge is -2.16. The number of carbonyl (C=O) groups excluding carboxylic acids is 1. The fraction of sp³-hybridized carbons (Fsp3) is 0.545. The van der Waals surface area contributed by atoms with E-state index in [1.54, 1.807) is 17.0 Å². The molecule has 1 saturated heterocycles. The minimum atomic E-state index is -0.889. The average Bonchev–Trinajstić information content (AvgIpc) is 2.97. The number of thioether (sulfide) groups is 1. The maximum Gasteiger partial charge on any atom is 0.313 e. The third kappa shape index (κ3) is 3.25. The lowest BCUT2D eigenvalue weighted by Crippen LogP contribution is -2.31. The summed E-state index contributed by atoms with van der Waals surface area (Å²) in [4.78, 5) is 28.4. The fourth-order valence-electron chi connectivity index (χ4n) is 1.89. The van der Waals surface area contributed by atoms with Crippen molar-refractivity contribution in [2.45, 2.75) is 24.5 Å². The van der Waals surface area contributed by atoms with Crippen LogP contribution >= 0.6 is 11.8 Å². The van der Waals surface area contributed by atoms with Gasteiger partial charge in [-0.3, -0.25) is 9.59 Å². The van der Waals surface area contributed by atoms with Crippen LogP contribution in [0.3, 0.4) is 0 Å². The third-order valence-electron chi connectivity index (χ3n) is 2.77. The van der Waals surface area contributed by atoms with Gasteiger partial charge in [0.15, 0.2) is 5.16 Å². The Balaban J connectivity index is 1.94. The first-order valence-corrected chi connectivity index (χ1v) is 6.79. The summed E-state index contributed by atoms with van der Waals surface area (Å²) in [5.74, 6) is -0.863. The summed E-state index contributed by atoms with van der Waals surface area (Å²) in [6, 6.07) is 0. The van der Waals surface area contributed by atoms with Crippen molar-refractivity contribution >= 4 is 23.6 Å². The first kappa shape index (κ1) is 12.9. The number of carbonyl (C=O) groups is 2. The molecule has 0 spiro atoms. The van der Waals surface area contributed by atoms with Crippen LogP contribution in [0.4, 0.5) is 0 Å². The summed E-state index contributed by atoms with van der Waals surface area (Å²) in [6.07, 6.45) is 5.42. The van der Waals surface area contributed by atoms with Gasteiger partial charge in [0.25, 0.3) is 0 Å². The number of nitrogens with zero attached hydrogens (tertiary/aromatic N) is 3. The Morgan fingerprint density at radius 1 is 1.39 bits per heavy atom. The Bertz CT molecular complexity index is 440. The molecule has 0 radical (unpaired) electrons. The molecule has 2 rings (SSSR count). The fourth-order valence-corrected chi connectivity index (χ4v) is 2.57. The maximum absolute atomic E-state index is 12.0. The number of carboxylic acid groups (broad SMARTS) is 1. The van der Waals surface area contributed by atoms with Gasteiger partial charge >= 0.3 is 5.97 Å². The highest BCUT2D eigenvalue weighted by Crippen LogP contribution is 2.16. The molecule has 1 N–H and O–H groups in total. The Morgan fingerprint density at radius 3 is 2.78 bits per heavy atom. The molecule has 0 bridgehead atoms. The van der Waals surface area contributed by atoms with Gasteiger partial charge in [-0.05, 0) is 12.8 Å². The second-order valence-corrected chi connectivity index (χ2v) is 5.05. The van der Waals surface area contributed by atoms with Crippen molar-refractivity contribution in [3.8, 4) is 0 Å². The van der Waals surface area contributed by atoms with Crippen LogP contribution in [0, 0.1) is 0 Å². The molecule has 0 saturated carbocycles. The zero-order valence-electron chi connectivity index (χ0n) is 9.91. The minimum absolute atomic E-state index is 0.0467. The largest absolute Gasteiger partial charge is 0.481 e. The first-order valence-electron chi connectivity index (χ1n) is 5.80. The maximum atomic E-state index is 12.0. The second-order valence-electron chi connectivity index (χ2n) is 4.11. The molecule has 1 aliphatic rings. The van der Waals surface area contributed by atoms with E-state index in [4.69, 9.17) is 5.11 Å². The number of rotatable bonds is 5. The molecule has 6 nitrogen and oxygen atoms in total. The predicted molar refractivity (Wildman–Crippen MR) is 66.4 cm³/mol. The molecule has 0 aliphatic carbocycles. The van der Waals surface area contributed by atoms with Crippen molar-refractivity contribution in [2.24, 2.45) is 0 Å². The molecular weight excluding hydrogens is 254 g/mol. The topological polar surface area (TPSA) is 75.4 Å². The number of hydrogen-bond donors (Lipinski definition) is 1. The number of hydrogen-bond acceptors (Lipinski definition) is 4. The van der Waals surface area contributed by atoms with Crippen molar-refractivity contribution in [3.63, 3.8) is 0 Å². The summed E-state index contributed by atoms with van der Waals surface area (Å²) in [7, 11) is 0. The van der Waals surface area contributed by atoms with Gasteiger partial charge in [-0.2, -0.15) is 0 Å². The zero-order valence-corrected chi connectivity index (χ0v) is 10.7. The van der Waals surface area contributed by atoms with Crippen LogP contribution in [0.1, 0.15) is 12.8 Å². The molecule has 98 valence electrons. The van der Waals surface area contributed by atoms with Gasteiger partial charge in [-0.25, -0.2) is 4.98 Å². The minimum Gasteiger partial charge on any atom is -0.481 e. The number of imidazole rings is 1. The van der Waals surface area contributed by atoms with E-state index in [2.05, 4.69) is 4.98 Å². The van der Waals surface area contributed by atoms with E-state index in [1.807, 2.05) is 4.90 Å². The standard InChI is InChI=1S/C11H15N3O3S/c15-9(13-4-1-2-5-13)7-14-6-3-12-11(14)18-8-10(16)17/h3,6H,1-2,4-5,7-8H2,(H,16,17). The van der Waals surface area contributed by atoms with Gasteiger partial charge in [-0.1, -0.05) is 11.8 Å². The number of aromatic nitrogens is 2. The summed E-state index contributed by atoms with van der Waals surface area (Å²) in [5.41, 5.74) is 0. The summed E-state index contributed by atoms with van der Waals surface area (Å²) in [5, 5.41) is 9.20. The molecule has 0 atom stereocenters. The van der Waals surface area contributed by atoms with Gasteiger partial charge in [-0.15, -0.1) is 0 Å². The van der Waals surface area contributed by atoms with E-state index in [-0.39, 0.29) is 18.2 Å². The molecule has 1 aromatic rings. The molecular formula is C11H15N3O3S. The van der Waals surface area contributed by atoms with E-state index >= 15 is 0 Å². The van der Waals surface area contributed by atoms with Crippen molar-refractivity contribution < 1.29 is 14.7 Å². The first-order chi connectivity index (χ1) is 8.66. The Kier molecular flexibility index (Phi) is 4.24. The Labute approximate surface area is 109 Å². The Hall–Kier alpha value is -1.50.